The predicted molar refractivity (Wildman–Crippen MR) is 76.2 cm³/mol. The lowest BCUT2D eigenvalue weighted by Gasteiger charge is -2.13. The highest BCUT2D eigenvalue weighted by atomic mass is 79.9. The van der Waals surface area contributed by atoms with E-state index in [0.717, 1.165) is 12.1 Å². The summed E-state index contributed by atoms with van der Waals surface area (Å²) in [7, 11) is 1.47. The summed E-state index contributed by atoms with van der Waals surface area (Å²) in [4.78, 5) is 3.99. The summed E-state index contributed by atoms with van der Waals surface area (Å²) >= 11 is 3.13. The average molecular weight is 364 g/mol. The van der Waals surface area contributed by atoms with Crippen molar-refractivity contribution >= 4 is 33.3 Å². The van der Waals surface area contributed by atoms with E-state index in [9.17, 15) is 17.6 Å². The smallest absolute Gasteiger partial charge is 0.373 e. The fourth-order valence-corrected chi connectivity index (χ4v) is 2.07. The van der Waals surface area contributed by atoms with Gasteiger partial charge in [0.05, 0.1) is 11.3 Å². The monoisotopic (exact) mass is 363 g/mol. The van der Waals surface area contributed by atoms with Crippen LogP contribution in [0.15, 0.2) is 34.8 Å². The molecular formula is C13H10BrF4N3. The molecule has 1 heterocycles. The Morgan fingerprint density at radius 2 is 1.76 bits per heavy atom. The molecule has 2 N–H and O–H groups in total. The number of aromatic nitrogens is 1. The van der Waals surface area contributed by atoms with Crippen LogP contribution < -0.4 is 10.6 Å². The number of benzene rings is 1. The molecule has 2 rings (SSSR count). The highest BCUT2D eigenvalue weighted by Gasteiger charge is 2.31. The van der Waals surface area contributed by atoms with Crippen molar-refractivity contribution in [1.82, 2.24) is 4.98 Å². The van der Waals surface area contributed by atoms with Crippen LogP contribution >= 0.6 is 15.9 Å². The van der Waals surface area contributed by atoms with Crippen LogP contribution in [0.4, 0.5) is 34.9 Å². The van der Waals surface area contributed by atoms with Crippen molar-refractivity contribution < 1.29 is 17.6 Å². The number of nitrogens with zero attached hydrogens (tertiary/aromatic N) is 1. The van der Waals surface area contributed by atoms with Crippen LogP contribution in [0.2, 0.25) is 0 Å². The third kappa shape index (κ3) is 3.84. The van der Waals surface area contributed by atoms with Crippen molar-refractivity contribution in [1.29, 1.82) is 0 Å². The minimum Gasteiger partial charge on any atom is -0.373 e. The molecule has 2 aromatic rings. The maximum absolute atomic E-state index is 13.0. The zero-order valence-corrected chi connectivity index (χ0v) is 12.3. The molecule has 0 amide bonds. The topological polar surface area (TPSA) is 37.0 Å². The second-order valence-electron chi connectivity index (χ2n) is 4.12. The lowest BCUT2D eigenvalue weighted by Crippen LogP contribution is -2.08. The van der Waals surface area contributed by atoms with Gasteiger partial charge >= 0.3 is 6.18 Å². The van der Waals surface area contributed by atoms with Gasteiger partial charge in [-0.25, -0.2) is 9.37 Å². The van der Waals surface area contributed by atoms with Gasteiger partial charge in [-0.3, -0.25) is 0 Å². The molecule has 0 saturated heterocycles. The third-order valence-electron chi connectivity index (χ3n) is 2.60. The molecule has 1 aromatic heterocycles. The Kier molecular flexibility index (Phi) is 4.36. The highest BCUT2D eigenvalue weighted by Crippen LogP contribution is 2.33. The van der Waals surface area contributed by atoms with Crippen molar-refractivity contribution in [3.8, 4) is 0 Å². The summed E-state index contributed by atoms with van der Waals surface area (Å²) in [5.41, 5.74) is -0.423. The number of rotatable bonds is 3. The molecule has 0 atom stereocenters. The van der Waals surface area contributed by atoms with Crippen molar-refractivity contribution in [2.24, 2.45) is 0 Å². The first-order valence-electron chi connectivity index (χ1n) is 5.78. The molecule has 0 spiro atoms. The van der Waals surface area contributed by atoms with Crippen LogP contribution in [0.3, 0.4) is 0 Å². The maximum atomic E-state index is 13.0. The first-order chi connectivity index (χ1) is 9.79. The summed E-state index contributed by atoms with van der Waals surface area (Å²) in [6.45, 7) is 0. The molecule has 112 valence electrons. The van der Waals surface area contributed by atoms with E-state index < -0.39 is 17.6 Å². The highest BCUT2D eigenvalue weighted by molar-refractivity contribution is 9.10. The van der Waals surface area contributed by atoms with Crippen LogP contribution in [-0.2, 0) is 6.18 Å². The van der Waals surface area contributed by atoms with Gasteiger partial charge in [0, 0.05) is 11.5 Å². The van der Waals surface area contributed by atoms with Gasteiger partial charge in [-0.05, 0) is 46.3 Å². The van der Waals surface area contributed by atoms with E-state index in [1.165, 1.54) is 25.2 Å². The molecule has 0 bridgehead atoms. The van der Waals surface area contributed by atoms with Gasteiger partial charge in [0.2, 0.25) is 0 Å². The van der Waals surface area contributed by atoms with Crippen LogP contribution in [0.25, 0.3) is 0 Å². The Morgan fingerprint density at radius 1 is 1.10 bits per heavy atom. The van der Waals surface area contributed by atoms with Gasteiger partial charge in [-0.15, -0.1) is 0 Å². The van der Waals surface area contributed by atoms with Crippen LogP contribution in [0.5, 0.6) is 0 Å². The summed E-state index contributed by atoms with van der Waals surface area (Å²) in [6.07, 6.45) is -4.48. The fraction of sp³-hybridized carbons (Fsp3) is 0.154. The van der Waals surface area contributed by atoms with E-state index in [4.69, 9.17) is 0 Å². The number of hydrogen-bond acceptors (Lipinski definition) is 3. The molecule has 21 heavy (non-hydrogen) atoms. The van der Waals surface area contributed by atoms with E-state index in [2.05, 4.69) is 31.5 Å². The van der Waals surface area contributed by atoms with E-state index in [1.54, 1.807) is 0 Å². The zero-order chi connectivity index (χ0) is 15.6. The Morgan fingerprint density at radius 3 is 2.33 bits per heavy atom. The molecule has 0 aliphatic carbocycles. The van der Waals surface area contributed by atoms with E-state index in [-0.39, 0.29) is 11.6 Å². The summed E-state index contributed by atoms with van der Waals surface area (Å²) in [6, 6.07) is 5.59. The van der Waals surface area contributed by atoms with E-state index in [0.29, 0.717) is 10.2 Å². The van der Waals surface area contributed by atoms with E-state index in [1.807, 2.05) is 0 Å². The molecule has 1 aromatic carbocycles. The molecule has 0 radical (unpaired) electrons. The quantitative estimate of drug-likeness (QED) is 0.770. The maximum Gasteiger partial charge on any atom is 0.416 e. The third-order valence-corrected chi connectivity index (χ3v) is 3.26. The standard InChI is InChI=1S/C13H10BrF4N3/c1-19-11-4-7(13(16,17)18)5-12(21-11)20-10-3-2-8(15)6-9(10)14/h2-6H,1H3,(H2,19,20,21). The predicted octanol–water partition coefficient (Wildman–Crippen LogP) is 4.79. The van der Waals surface area contributed by atoms with Crippen molar-refractivity contribution in [2.45, 2.75) is 6.18 Å². The van der Waals surface area contributed by atoms with Gasteiger partial charge in [0.15, 0.2) is 0 Å². The number of halogens is 5. The molecule has 0 fully saturated rings. The molecule has 3 nitrogen and oxygen atoms in total. The van der Waals surface area contributed by atoms with Crippen LogP contribution in [0, 0.1) is 5.82 Å². The molecule has 8 heteroatoms. The average Bonchev–Trinajstić information content (AvgIpc) is 2.40. The Bertz CT molecular complexity index is 658. The Balaban J connectivity index is 2.39. The summed E-state index contributed by atoms with van der Waals surface area (Å²) < 4.78 is 51.8. The summed E-state index contributed by atoms with van der Waals surface area (Å²) in [5, 5.41) is 5.29. The lowest BCUT2D eigenvalue weighted by atomic mass is 10.2. The SMILES string of the molecule is CNc1cc(C(F)(F)F)cc(Nc2ccc(F)cc2Br)n1. The van der Waals surface area contributed by atoms with Gasteiger partial charge in [0.1, 0.15) is 17.5 Å². The zero-order valence-electron chi connectivity index (χ0n) is 10.7. The lowest BCUT2D eigenvalue weighted by molar-refractivity contribution is -0.137. The van der Waals surface area contributed by atoms with Crippen molar-refractivity contribution in [3.63, 3.8) is 0 Å². The minimum absolute atomic E-state index is 0.00137. The molecule has 0 aliphatic heterocycles. The van der Waals surface area contributed by atoms with Gasteiger partial charge in [-0.1, -0.05) is 0 Å². The van der Waals surface area contributed by atoms with Gasteiger partial charge < -0.3 is 10.6 Å². The number of nitrogens with one attached hydrogen (secondary N) is 2. The van der Waals surface area contributed by atoms with Gasteiger partial charge in [-0.2, -0.15) is 13.2 Å². The molecular weight excluding hydrogens is 354 g/mol. The first kappa shape index (κ1) is 15.6. The Hall–Kier alpha value is -1.83. The fourth-order valence-electron chi connectivity index (χ4n) is 1.62. The first-order valence-corrected chi connectivity index (χ1v) is 6.58. The molecule has 0 aliphatic rings. The number of anilines is 3. The normalized spacial score (nSPS) is 11.3. The number of alkyl halides is 3. The van der Waals surface area contributed by atoms with Crippen molar-refractivity contribution in [2.75, 3.05) is 17.7 Å². The largest absolute Gasteiger partial charge is 0.416 e. The molecule has 0 unspecified atom stereocenters. The summed E-state index contributed by atoms with van der Waals surface area (Å²) in [5.74, 6) is -0.382. The second-order valence-corrected chi connectivity index (χ2v) is 4.98. The molecule has 0 saturated carbocycles. The number of pyridine rings is 1. The minimum atomic E-state index is -4.48. The van der Waals surface area contributed by atoms with E-state index >= 15 is 0 Å². The number of hydrogen-bond donors (Lipinski definition) is 2. The van der Waals surface area contributed by atoms with Crippen LogP contribution in [-0.4, -0.2) is 12.0 Å². The second kappa shape index (κ2) is 5.88. The van der Waals surface area contributed by atoms with Crippen LogP contribution in [0.1, 0.15) is 5.56 Å². The Labute approximate surface area is 126 Å². The van der Waals surface area contributed by atoms with Gasteiger partial charge in [0.25, 0.3) is 0 Å². The van der Waals surface area contributed by atoms with Crippen molar-refractivity contribution in [3.05, 3.63) is 46.2 Å².